The maximum atomic E-state index is 12.7. The van der Waals surface area contributed by atoms with Gasteiger partial charge in [-0.15, -0.1) is 0 Å². The molecule has 6 nitrogen and oxygen atoms in total. The zero-order chi connectivity index (χ0) is 17.3. The molecule has 2 aromatic rings. The van der Waals surface area contributed by atoms with Crippen LogP contribution in [0.5, 0.6) is 0 Å². The number of carbonyl (C=O) groups excluding carboxylic acids is 3. The second-order valence-corrected chi connectivity index (χ2v) is 5.89. The van der Waals surface area contributed by atoms with Gasteiger partial charge < -0.3 is 5.32 Å². The summed E-state index contributed by atoms with van der Waals surface area (Å²) in [5, 5.41) is 3.52. The fraction of sp³-hybridized carbons (Fsp3) is 0.118. The number of nitrogens with zero attached hydrogens (tertiary/aromatic N) is 1. The van der Waals surface area contributed by atoms with Gasteiger partial charge in [0.15, 0.2) is 0 Å². The number of benzene rings is 2. The van der Waals surface area contributed by atoms with Gasteiger partial charge in [0.1, 0.15) is 5.54 Å². The summed E-state index contributed by atoms with van der Waals surface area (Å²) < 4.78 is 0. The van der Waals surface area contributed by atoms with Crippen LogP contribution in [-0.4, -0.2) is 22.9 Å². The molecule has 0 aromatic heterocycles. The van der Waals surface area contributed by atoms with Gasteiger partial charge in [0.2, 0.25) is 0 Å². The molecule has 4 amide bonds. The third-order valence-electron chi connectivity index (χ3n) is 3.87. The molecule has 0 spiro atoms. The van der Waals surface area contributed by atoms with Gasteiger partial charge in [0.05, 0.1) is 10.6 Å². The Labute approximate surface area is 143 Å². The van der Waals surface area contributed by atoms with Crippen molar-refractivity contribution in [3.63, 3.8) is 0 Å². The number of rotatable bonds is 3. The highest BCUT2D eigenvalue weighted by molar-refractivity contribution is 6.33. The molecule has 1 heterocycles. The maximum Gasteiger partial charge on any atom is 0.344 e. The lowest BCUT2D eigenvalue weighted by molar-refractivity contribution is -0.132. The molecule has 7 heteroatoms. The van der Waals surface area contributed by atoms with E-state index >= 15 is 0 Å². The summed E-state index contributed by atoms with van der Waals surface area (Å²) in [5.41, 5.74) is 1.86. The van der Waals surface area contributed by atoms with Gasteiger partial charge in [0, 0.05) is 0 Å². The fourth-order valence-corrected chi connectivity index (χ4v) is 2.74. The third kappa shape index (κ3) is 2.61. The second kappa shape index (κ2) is 5.98. The van der Waals surface area contributed by atoms with E-state index in [2.05, 4.69) is 10.7 Å². The number of nitrogens with one attached hydrogen (secondary N) is 2. The van der Waals surface area contributed by atoms with E-state index in [0.717, 1.165) is 0 Å². The SMILES string of the molecule is C[C@@]1(c2ccccc2)NC(=O)N(NC(=O)c2ccccc2Cl)C1=O. The van der Waals surface area contributed by atoms with Crippen molar-refractivity contribution < 1.29 is 14.4 Å². The Hall–Kier alpha value is -2.86. The summed E-state index contributed by atoms with van der Waals surface area (Å²) in [6, 6.07) is 14.5. The average molecular weight is 344 g/mol. The van der Waals surface area contributed by atoms with Crippen LogP contribution in [0.4, 0.5) is 4.79 Å². The molecule has 3 rings (SSSR count). The molecule has 0 bridgehead atoms. The van der Waals surface area contributed by atoms with Crippen LogP contribution in [0.25, 0.3) is 0 Å². The summed E-state index contributed by atoms with van der Waals surface area (Å²) in [6.07, 6.45) is 0. The molecule has 0 aliphatic carbocycles. The summed E-state index contributed by atoms with van der Waals surface area (Å²) in [7, 11) is 0. The monoisotopic (exact) mass is 343 g/mol. The van der Waals surface area contributed by atoms with Gasteiger partial charge in [-0.2, -0.15) is 5.01 Å². The average Bonchev–Trinajstić information content (AvgIpc) is 2.80. The second-order valence-electron chi connectivity index (χ2n) is 5.48. The van der Waals surface area contributed by atoms with Gasteiger partial charge in [0.25, 0.3) is 11.8 Å². The minimum atomic E-state index is -1.24. The number of hydrazine groups is 1. The zero-order valence-electron chi connectivity index (χ0n) is 12.7. The van der Waals surface area contributed by atoms with E-state index in [9.17, 15) is 14.4 Å². The van der Waals surface area contributed by atoms with Gasteiger partial charge >= 0.3 is 6.03 Å². The smallest absolute Gasteiger partial charge is 0.318 e. The van der Waals surface area contributed by atoms with Gasteiger partial charge in [-0.25, -0.2) is 4.79 Å². The quantitative estimate of drug-likeness (QED) is 0.840. The van der Waals surface area contributed by atoms with Crippen molar-refractivity contribution in [1.29, 1.82) is 0 Å². The largest absolute Gasteiger partial charge is 0.344 e. The molecule has 0 unspecified atom stereocenters. The highest BCUT2D eigenvalue weighted by Crippen LogP contribution is 2.27. The minimum Gasteiger partial charge on any atom is -0.318 e. The number of imide groups is 1. The lowest BCUT2D eigenvalue weighted by Crippen LogP contribution is -2.48. The van der Waals surface area contributed by atoms with Crippen molar-refractivity contribution in [3.05, 3.63) is 70.7 Å². The van der Waals surface area contributed by atoms with Crippen LogP contribution in [0.1, 0.15) is 22.8 Å². The molecule has 2 N–H and O–H groups in total. The van der Waals surface area contributed by atoms with Gasteiger partial charge in [-0.05, 0) is 24.6 Å². The Morgan fingerprint density at radius 2 is 1.71 bits per heavy atom. The van der Waals surface area contributed by atoms with Crippen LogP contribution in [0.3, 0.4) is 0 Å². The van der Waals surface area contributed by atoms with Crippen LogP contribution in [0, 0.1) is 0 Å². The predicted molar refractivity (Wildman–Crippen MR) is 88.1 cm³/mol. The van der Waals surface area contributed by atoms with E-state index in [4.69, 9.17) is 11.6 Å². The molecule has 2 aromatic carbocycles. The van der Waals surface area contributed by atoms with E-state index in [1.807, 2.05) is 6.07 Å². The summed E-state index contributed by atoms with van der Waals surface area (Å²) in [6.45, 7) is 1.59. The Bertz CT molecular complexity index is 825. The van der Waals surface area contributed by atoms with Crippen molar-refractivity contribution in [2.45, 2.75) is 12.5 Å². The highest BCUT2D eigenvalue weighted by atomic mass is 35.5. The van der Waals surface area contributed by atoms with Gasteiger partial charge in [-0.3, -0.25) is 15.0 Å². The highest BCUT2D eigenvalue weighted by Gasteiger charge is 2.50. The van der Waals surface area contributed by atoms with Crippen LogP contribution in [0.2, 0.25) is 5.02 Å². The predicted octanol–water partition coefficient (Wildman–Crippen LogP) is 2.45. The Balaban J connectivity index is 1.85. The topological polar surface area (TPSA) is 78.5 Å². The molecule has 24 heavy (non-hydrogen) atoms. The standard InChI is InChI=1S/C17H14ClN3O3/c1-17(11-7-3-2-4-8-11)15(23)21(16(24)19-17)20-14(22)12-9-5-6-10-13(12)18/h2-10H,1H3,(H,19,24)(H,20,22)/t17-/m0/s1. The van der Waals surface area contributed by atoms with Crippen molar-refractivity contribution in [2.24, 2.45) is 0 Å². The lowest BCUT2D eigenvalue weighted by atomic mass is 9.92. The number of amides is 4. The molecule has 1 atom stereocenters. The number of hydrogen-bond donors (Lipinski definition) is 2. The van der Waals surface area contributed by atoms with Crippen molar-refractivity contribution in [3.8, 4) is 0 Å². The first-order chi connectivity index (χ1) is 11.4. The van der Waals surface area contributed by atoms with Gasteiger partial charge in [-0.1, -0.05) is 54.1 Å². The molecular weight excluding hydrogens is 330 g/mol. The first-order valence-electron chi connectivity index (χ1n) is 7.21. The van der Waals surface area contributed by atoms with E-state index in [1.165, 1.54) is 6.07 Å². The Kier molecular flexibility index (Phi) is 3.99. The molecule has 1 aliphatic heterocycles. The molecule has 1 fully saturated rings. The molecule has 0 saturated carbocycles. The Morgan fingerprint density at radius 1 is 1.08 bits per heavy atom. The number of urea groups is 1. The number of carbonyl (C=O) groups is 3. The number of hydrogen-bond acceptors (Lipinski definition) is 3. The van der Waals surface area contributed by atoms with Crippen LogP contribution < -0.4 is 10.7 Å². The maximum absolute atomic E-state index is 12.7. The zero-order valence-corrected chi connectivity index (χ0v) is 13.5. The van der Waals surface area contributed by atoms with E-state index < -0.39 is 23.4 Å². The molecule has 1 aliphatic rings. The fourth-order valence-electron chi connectivity index (χ4n) is 2.51. The molecule has 0 radical (unpaired) electrons. The van der Waals surface area contributed by atoms with E-state index in [0.29, 0.717) is 10.6 Å². The summed E-state index contributed by atoms with van der Waals surface area (Å²) in [4.78, 5) is 37.1. The van der Waals surface area contributed by atoms with Crippen molar-refractivity contribution in [2.75, 3.05) is 0 Å². The Morgan fingerprint density at radius 3 is 2.38 bits per heavy atom. The third-order valence-corrected chi connectivity index (χ3v) is 4.20. The first-order valence-corrected chi connectivity index (χ1v) is 7.59. The summed E-state index contributed by atoms with van der Waals surface area (Å²) >= 11 is 5.96. The summed E-state index contributed by atoms with van der Waals surface area (Å²) in [5.74, 6) is -1.21. The normalized spacial score (nSPS) is 20.0. The van der Waals surface area contributed by atoms with Crippen LogP contribution in [-0.2, 0) is 10.3 Å². The van der Waals surface area contributed by atoms with E-state index in [1.54, 1.807) is 49.4 Å². The minimum absolute atomic E-state index is 0.174. The molecule has 1 saturated heterocycles. The first kappa shape index (κ1) is 16.0. The van der Waals surface area contributed by atoms with Crippen molar-refractivity contribution >= 4 is 29.4 Å². The molecular formula is C17H14ClN3O3. The van der Waals surface area contributed by atoms with Crippen LogP contribution >= 0.6 is 11.6 Å². The molecule has 122 valence electrons. The lowest BCUT2D eigenvalue weighted by Gasteiger charge is -2.22. The van der Waals surface area contributed by atoms with Crippen LogP contribution in [0.15, 0.2) is 54.6 Å². The van der Waals surface area contributed by atoms with Crippen molar-refractivity contribution in [1.82, 2.24) is 15.8 Å². The van der Waals surface area contributed by atoms with E-state index in [-0.39, 0.29) is 10.6 Å². The number of halogens is 1.